The SMILES string of the molecule is C=CC1=CC[C@H]2C(=O)N(c3cccc(Cl)c3)C(=O)[C@@]2(c2ccccc2)[C@H]1C1=COc2ccc(O)cc2C1. The molecule has 1 saturated heterocycles. The summed E-state index contributed by atoms with van der Waals surface area (Å²) in [5, 5.41) is 10.6. The predicted octanol–water partition coefficient (Wildman–Crippen LogP) is 6.12. The Morgan fingerprint density at radius 2 is 1.86 bits per heavy atom. The van der Waals surface area contributed by atoms with E-state index in [0.29, 0.717) is 29.3 Å². The van der Waals surface area contributed by atoms with Crippen LogP contribution in [0, 0.1) is 11.8 Å². The Bertz CT molecular complexity index is 1510. The third-order valence-corrected chi connectivity index (χ3v) is 7.94. The molecular formula is C31H24ClNO4. The van der Waals surface area contributed by atoms with E-state index in [1.807, 2.05) is 36.4 Å². The first-order chi connectivity index (χ1) is 17.9. The topological polar surface area (TPSA) is 66.8 Å². The van der Waals surface area contributed by atoms with Crippen LogP contribution in [-0.2, 0) is 21.4 Å². The Kier molecular flexibility index (Phi) is 5.54. The molecule has 0 unspecified atom stereocenters. The third kappa shape index (κ3) is 3.45. The van der Waals surface area contributed by atoms with Gasteiger partial charge in [-0.2, -0.15) is 0 Å². The molecule has 0 radical (unpaired) electrons. The van der Waals surface area contributed by atoms with E-state index in [4.69, 9.17) is 16.3 Å². The van der Waals surface area contributed by atoms with E-state index < -0.39 is 17.3 Å². The molecule has 0 bridgehead atoms. The quantitative estimate of drug-likeness (QED) is 0.430. The van der Waals surface area contributed by atoms with Gasteiger partial charge in [0.15, 0.2) is 0 Å². The Labute approximate surface area is 219 Å². The summed E-state index contributed by atoms with van der Waals surface area (Å²) in [6.07, 6.45) is 6.33. The second kappa shape index (κ2) is 8.79. The highest BCUT2D eigenvalue weighted by Crippen LogP contribution is 2.57. The van der Waals surface area contributed by atoms with E-state index in [1.165, 1.54) is 4.90 Å². The van der Waals surface area contributed by atoms with Crippen molar-refractivity contribution in [2.24, 2.45) is 11.8 Å². The number of rotatable bonds is 4. The van der Waals surface area contributed by atoms with Gasteiger partial charge >= 0.3 is 0 Å². The van der Waals surface area contributed by atoms with E-state index in [1.54, 1.807) is 54.8 Å². The average Bonchev–Trinajstić information content (AvgIpc) is 3.15. The van der Waals surface area contributed by atoms with Gasteiger partial charge in [-0.05, 0) is 59.5 Å². The number of benzene rings is 3. The number of carbonyl (C=O) groups is 2. The Balaban J connectivity index is 1.57. The summed E-state index contributed by atoms with van der Waals surface area (Å²) < 4.78 is 5.99. The third-order valence-electron chi connectivity index (χ3n) is 7.70. The van der Waals surface area contributed by atoms with Crippen molar-refractivity contribution in [1.29, 1.82) is 0 Å². The minimum absolute atomic E-state index is 0.140. The summed E-state index contributed by atoms with van der Waals surface area (Å²) in [7, 11) is 0. The second-order valence-corrected chi connectivity index (χ2v) is 10.0. The maximum atomic E-state index is 14.7. The minimum Gasteiger partial charge on any atom is -0.508 e. The summed E-state index contributed by atoms with van der Waals surface area (Å²) in [5.74, 6) is -0.876. The molecule has 1 N–H and O–H groups in total. The molecule has 2 amide bonds. The van der Waals surface area contributed by atoms with Gasteiger partial charge in [0.25, 0.3) is 0 Å². The number of ether oxygens (including phenoxy) is 1. The fraction of sp³-hybridized carbons (Fsp3) is 0.161. The standard InChI is InChI=1S/C31H24ClNO4/c1-2-19-11-13-26-29(35)33(24-10-6-9-23(32)17-24)30(36)31(26,22-7-4-3-5-8-22)28(19)21-15-20-16-25(34)12-14-27(20)37-18-21/h2-12,14,16-18,26,28,34H,1,13,15H2/t26-,28+,31+/m0/s1. The molecule has 5 nitrogen and oxygen atoms in total. The number of imide groups is 1. The van der Waals surface area contributed by atoms with Gasteiger partial charge in [0.2, 0.25) is 11.8 Å². The molecule has 3 aromatic rings. The number of halogens is 1. The monoisotopic (exact) mass is 509 g/mol. The van der Waals surface area contributed by atoms with E-state index in [0.717, 1.165) is 22.3 Å². The molecule has 1 aliphatic carbocycles. The zero-order valence-electron chi connectivity index (χ0n) is 19.9. The highest BCUT2D eigenvalue weighted by Gasteiger charge is 2.66. The van der Waals surface area contributed by atoms with Crippen molar-refractivity contribution in [3.05, 3.63) is 125 Å². The Hall–Kier alpha value is -4.09. The molecule has 3 aromatic carbocycles. The molecule has 0 aromatic heterocycles. The van der Waals surface area contributed by atoms with Gasteiger partial charge in [-0.1, -0.05) is 66.7 Å². The number of carbonyl (C=O) groups excluding carboxylic acids is 2. The summed E-state index contributed by atoms with van der Waals surface area (Å²) in [4.78, 5) is 30.0. The Morgan fingerprint density at radius 1 is 1.05 bits per heavy atom. The number of nitrogens with zero attached hydrogens (tertiary/aromatic N) is 1. The van der Waals surface area contributed by atoms with Crippen LogP contribution in [0.25, 0.3) is 0 Å². The van der Waals surface area contributed by atoms with Crippen LogP contribution in [0.4, 0.5) is 5.69 Å². The lowest BCUT2D eigenvalue weighted by Crippen LogP contribution is -2.50. The number of aromatic hydroxyl groups is 1. The lowest BCUT2D eigenvalue weighted by molar-refractivity contribution is -0.124. The summed E-state index contributed by atoms with van der Waals surface area (Å²) >= 11 is 6.26. The number of allylic oxidation sites excluding steroid dienone is 4. The van der Waals surface area contributed by atoms with E-state index in [9.17, 15) is 14.7 Å². The lowest BCUT2D eigenvalue weighted by Gasteiger charge is -2.44. The molecule has 0 saturated carbocycles. The number of hydrogen-bond donors (Lipinski definition) is 1. The van der Waals surface area contributed by atoms with Crippen molar-refractivity contribution in [3.8, 4) is 11.5 Å². The molecule has 2 aliphatic heterocycles. The highest BCUT2D eigenvalue weighted by atomic mass is 35.5. The van der Waals surface area contributed by atoms with Gasteiger partial charge in [-0.15, -0.1) is 0 Å². The first-order valence-electron chi connectivity index (χ1n) is 12.1. The van der Waals surface area contributed by atoms with Crippen molar-refractivity contribution >= 4 is 29.1 Å². The molecule has 184 valence electrons. The van der Waals surface area contributed by atoms with Crippen molar-refractivity contribution in [2.45, 2.75) is 18.3 Å². The number of amides is 2. The van der Waals surface area contributed by atoms with E-state index >= 15 is 0 Å². The highest BCUT2D eigenvalue weighted by molar-refractivity contribution is 6.32. The normalized spacial score (nSPS) is 24.5. The molecule has 3 atom stereocenters. The summed E-state index contributed by atoms with van der Waals surface area (Å²) in [6.45, 7) is 4.06. The smallest absolute Gasteiger partial charge is 0.246 e. The van der Waals surface area contributed by atoms with Gasteiger partial charge < -0.3 is 9.84 Å². The number of phenolic OH excluding ortho intramolecular Hbond substituents is 1. The molecule has 6 heteroatoms. The summed E-state index contributed by atoms with van der Waals surface area (Å²) in [6, 6.07) is 21.3. The number of phenols is 1. The van der Waals surface area contributed by atoms with Crippen LogP contribution in [0.5, 0.6) is 11.5 Å². The van der Waals surface area contributed by atoms with Crippen LogP contribution in [0.2, 0.25) is 5.02 Å². The fourth-order valence-electron chi connectivity index (χ4n) is 6.19. The van der Waals surface area contributed by atoms with Crippen LogP contribution in [0.1, 0.15) is 17.5 Å². The van der Waals surface area contributed by atoms with E-state index in [-0.39, 0.29) is 17.6 Å². The van der Waals surface area contributed by atoms with Gasteiger partial charge in [-0.25, -0.2) is 4.90 Å². The van der Waals surface area contributed by atoms with Crippen LogP contribution >= 0.6 is 11.6 Å². The second-order valence-electron chi connectivity index (χ2n) is 9.60. The summed E-state index contributed by atoms with van der Waals surface area (Å²) in [5.41, 5.74) is 2.54. The molecule has 0 spiro atoms. The van der Waals surface area contributed by atoms with Gasteiger partial charge in [0, 0.05) is 22.9 Å². The number of fused-ring (bicyclic) bond motifs is 2. The molecule has 37 heavy (non-hydrogen) atoms. The molecular weight excluding hydrogens is 486 g/mol. The van der Waals surface area contributed by atoms with Crippen molar-refractivity contribution in [1.82, 2.24) is 0 Å². The Morgan fingerprint density at radius 3 is 2.62 bits per heavy atom. The zero-order valence-corrected chi connectivity index (χ0v) is 20.7. The first kappa shape index (κ1) is 23.3. The first-order valence-corrected chi connectivity index (χ1v) is 12.5. The van der Waals surface area contributed by atoms with Gasteiger partial charge in [-0.3, -0.25) is 9.59 Å². The van der Waals surface area contributed by atoms with Crippen LogP contribution < -0.4 is 9.64 Å². The number of anilines is 1. The maximum absolute atomic E-state index is 14.7. The van der Waals surface area contributed by atoms with Crippen LogP contribution in [0.15, 0.2) is 109 Å². The molecule has 3 aliphatic rings. The minimum atomic E-state index is -1.21. The predicted molar refractivity (Wildman–Crippen MR) is 142 cm³/mol. The molecule has 6 rings (SSSR count). The number of hydrogen-bond acceptors (Lipinski definition) is 4. The van der Waals surface area contributed by atoms with E-state index in [2.05, 4.69) is 6.58 Å². The van der Waals surface area contributed by atoms with Gasteiger partial charge in [0.1, 0.15) is 11.5 Å². The largest absolute Gasteiger partial charge is 0.508 e. The fourth-order valence-corrected chi connectivity index (χ4v) is 6.38. The van der Waals surface area contributed by atoms with Crippen molar-refractivity contribution in [2.75, 3.05) is 4.90 Å². The molecule has 2 heterocycles. The zero-order chi connectivity index (χ0) is 25.7. The average molecular weight is 510 g/mol. The molecule has 1 fully saturated rings. The maximum Gasteiger partial charge on any atom is 0.246 e. The lowest BCUT2D eigenvalue weighted by atomic mass is 9.55. The van der Waals surface area contributed by atoms with Crippen molar-refractivity contribution < 1.29 is 19.4 Å². The van der Waals surface area contributed by atoms with Crippen LogP contribution in [0.3, 0.4) is 0 Å². The van der Waals surface area contributed by atoms with Crippen LogP contribution in [-0.4, -0.2) is 16.9 Å². The van der Waals surface area contributed by atoms with Gasteiger partial charge in [0.05, 0.1) is 23.3 Å². The van der Waals surface area contributed by atoms with Crippen molar-refractivity contribution in [3.63, 3.8) is 0 Å².